The van der Waals surface area contributed by atoms with Gasteiger partial charge in [0.25, 0.3) is 0 Å². The Labute approximate surface area is 189 Å². The molecule has 1 atom stereocenters. The normalized spacial score (nSPS) is 15.8. The molecule has 1 aliphatic heterocycles. The number of nitrogens with one attached hydrogen (secondary N) is 1. The minimum Gasteiger partial charge on any atom is -0.497 e. The van der Waals surface area contributed by atoms with Gasteiger partial charge in [0.1, 0.15) is 23.9 Å². The summed E-state index contributed by atoms with van der Waals surface area (Å²) in [6, 6.07) is 6.35. The van der Waals surface area contributed by atoms with Crippen molar-refractivity contribution < 1.29 is 37.3 Å². The summed E-state index contributed by atoms with van der Waals surface area (Å²) in [6.45, 7) is 1.39. The number of hydrogen-bond donors (Lipinski definition) is 1. The van der Waals surface area contributed by atoms with Crippen LogP contribution in [-0.4, -0.2) is 51.4 Å². The van der Waals surface area contributed by atoms with E-state index in [0.29, 0.717) is 23.1 Å². The number of amides is 2. The first-order valence-electron chi connectivity index (χ1n) is 10.0. The van der Waals surface area contributed by atoms with Crippen molar-refractivity contribution in [2.75, 3.05) is 34.5 Å². The predicted molar refractivity (Wildman–Crippen MR) is 114 cm³/mol. The fraction of sp³-hybridized carbons (Fsp3) is 0.304. The fourth-order valence-electron chi connectivity index (χ4n) is 3.37. The molecule has 2 aromatic carbocycles. The smallest absolute Gasteiger partial charge is 0.338 e. The summed E-state index contributed by atoms with van der Waals surface area (Å²) in [5, 5.41) is 2.76. The summed E-state index contributed by atoms with van der Waals surface area (Å²) in [5.41, 5.74) is 0.755. The van der Waals surface area contributed by atoms with E-state index >= 15 is 0 Å². The number of esters is 1. The maximum absolute atomic E-state index is 14.1. The van der Waals surface area contributed by atoms with Crippen molar-refractivity contribution in [2.45, 2.75) is 13.0 Å². The third kappa shape index (κ3) is 5.16. The Hall–Kier alpha value is -3.82. The number of rotatable bonds is 8. The molecule has 1 heterocycles. The Kier molecular flexibility index (Phi) is 7.37. The van der Waals surface area contributed by atoms with Gasteiger partial charge in [0, 0.05) is 19.2 Å². The Bertz CT molecular complexity index is 1070. The molecule has 0 fully saturated rings. The molecule has 1 N–H and O–H groups in total. The number of halogens is 2. The Balaban J connectivity index is 2.09. The van der Waals surface area contributed by atoms with Crippen molar-refractivity contribution >= 4 is 12.0 Å². The molecule has 0 radical (unpaired) electrons. The average molecular weight is 462 g/mol. The standard InChI is InChI=1S/C23H24F2N2O6/c1-5-32-22(28)20-18(12-33-19-7-6-14(24)10-17(19)25)27(2)23(29)26-21(20)13-8-15(30-3)11-16(9-13)31-4/h6-11,21H,5,12H2,1-4H3,(H,26,29)/t21-/m1/s1. The molecule has 10 heteroatoms. The quantitative estimate of drug-likeness (QED) is 0.604. The Morgan fingerprint density at radius 2 is 1.76 bits per heavy atom. The van der Waals surface area contributed by atoms with Crippen LogP contribution in [0, 0.1) is 11.6 Å². The highest BCUT2D eigenvalue weighted by atomic mass is 19.1. The van der Waals surface area contributed by atoms with Gasteiger partial charge < -0.3 is 24.3 Å². The second-order valence-corrected chi connectivity index (χ2v) is 7.03. The minimum absolute atomic E-state index is 0.0921. The highest BCUT2D eigenvalue weighted by Crippen LogP contribution is 2.35. The van der Waals surface area contributed by atoms with Gasteiger partial charge in [-0.1, -0.05) is 0 Å². The molecule has 8 nitrogen and oxygen atoms in total. The lowest BCUT2D eigenvalue weighted by Gasteiger charge is -2.34. The maximum atomic E-state index is 14.1. The molecule has 3 rings (SSSR count). The number of benzene rings is 2. The minimum atomic E-state index is -0.923. The lowest BCUT2D eigenvalue weighted by Crippen LogP contribution is -2.48. The molecule has 0 unspecified atom stereocenters. The molecule has 0 aliphatic carbocycles. The van der Waals surface area contributed by atoms with Crippen molar-refractivity contribution in [1.82, 2.24) is 10.2 Å². The zero-order chi connectivity index (χ0) is 24.1. The van der Waals surface area contributed by atoms with Crippen molar-refractivity contribution in [3.8, 4) is 17.2 Å². The van der Waals surface area contributed by atoms with Crippen LogP contribution in [0.15, 0.2) is 47.7 Å². The summed E-state index contributed by atoms with van der Waals surface area (Å²) >= 11 is 0. The molecular formula is C23H24F2N2O6. The molecule has 1 aliphatic rings. The lowest BCUT2D eigenvalue weighted by atomic mass is 9.94. The number of likely N-dealkylation sites (N-methyl/N-ethyl adjacent to an activating group) is 1. The van der Waals surface area contributed by atoms with Gasteiger partial charge in [0.15, 0.2) is 11.6 Å². The van der Waals surface area contributed by atoms with Crippen molar-refractivity contribution in [3.63, 3.8) is 0 Å². The number of methoxy groups -OCH3 is 2. The number of nitrogens with zero attached hydrogens (tertiary/aromatic N) is 1. The maximum Gasteiger partial charge on any atom is 0.338 e. The molecule has 33 heavy (non-hydrogen) atoms. The van der Waals surface area contributed by atoms with Gasteiger partial charge in [-0.05, 0) is 36.8 Å². The SMILES string of the molecule is CCOC(=O)C1=C(COc2ccc(F)cc2F)N(C)C(=O)N[C@@H]1c1cc(OC)cc(OC)c1. The molecule has 0 aromatic heterocycles. The van der Waals surface area contributed by atoms with E-state index in [0.717, 1.165) is 12.1 Å². The van der Waals surface area contributed by atoms with Gasteiger partial charge in [-0.25, -0.2) is 18.4 Å². The Morgan fingerprint density at radius 3 is 2.33 bits per heavy atom. The fourth-order valence-corrected chi connectivity index (χ4v) is 3.37. The summed E-state index contributed by atoms with van der Waals surface area (Å²) in [6.07, 6.45) is 0. The zero-order valence-corrected chi connectivity index (χ0v) is 18.6. The summed E-state index contributed by atoms with van der Waals surface area (Å²) < 4.78 is 48.6. The topological polar surface area (TPSA) is 86.3 Å². The van der Waals surface area contributed by atoms with Crippen molar-refractivity contribution in [1.29, 1.82) is 0 Å². The van der Waals surface area contributed by atoms with Crippen LogP contribution in [0.1, 0.15) is 18.5 Å². The number of urea groups is 1. The van der Waals surface area contributed by atoms with E-state index < -0.39 is 29.7 Å². The first-order chi connectivity index (χ1) is 15.8. The van der Waals surface area contributed by atoms with Gasteiger partial charge in [0.2, 0.25) is 0 Å². The van der Waals surface area contributed by atoms with Crippen LogP contribution >= 0.6 is 0 Å². The number of carbonyl (C=O) groups is 2. The monoisotopic (exact) mass is 462 g/mol. The summed E-state index contributed by atoms with van der Waals surface area (Å²) in [5.74, 6) is -1.68. The summed E-state index contributed by atoms with van der Waals surface area (Å²) in [7, 11) is 4.39. The van der Waals surface area contributed by atoms with Crippen LogP contribution in [0.25, 0.3) is 0 Å². The van der Waals surface area contributed by atoms with Crippen LogP contribution in [0.3, 0.4) is 0 Å². The molecule has 2 amide bonds. The highest BCUT2D eigenvalue weighted by Gasteiger charge is 2.37. The van der Waals surface area contributed by atoms with E-state index in [2.05, 4.69) is 5.32 Å². The number of carbonyl (C=O) groups excluding carboxylic acids is 2. The van der Waals surface area contributed by atoms with E-state index in [1.54, 1.807) is 25.1 Å². The van der Waals surface area contributed by atoms with Crippen LogP contribution in [0.2, 0.25) is 0 Å². The van der Waals surface area contributed by atoms with Gasteiger partial charge in [-0.3, -0.25) is 4.90 Å². The van der Waals surface area contributed by atoms with Crippen molar-refractivity contribution in [2.24, 2.45) is 0 Å². The molecule has 0 spiro atoms. The largest absolute Gasteiger partial charge is 0.497 e. The predicted octanol–water partition coefficient (Wildman–Crippen LogP) is 3.57. The van der Waals surface area contributed by atoms with E-state index in [4.69, 9.17) is 18.9 Å². The molecule has 2 aromatic rings. The van der Waals surface area contributed by atoms with Gasteiger partial charge in [-0.15, -0.1) is 0 Å². The second kappa shape index (κ2) is 10.2. The number of ether oxygens (including phenoxy) is 4. The molecular weight excluding hydrogens is 438 g/mol. The van der Waals surface area contributed by atoms with Gasteiger partial charge >= 0.3 is 12.0 Å². The molecule has 0 bridgehead atoms. The third-order valence-electron chi connectivity index (χ3n) is 5.04. The molecule has 0 saturated heterocycles. The molecule has 0 saturated carbocycles. The first-order valence-corrected chi connectivity index (χ1v) is 10.0. The van der Waals surface area contributed by atoms with E-state index in [-0.39, 0.29) is 30.2 Å². The van der Waals surface area contributed by atoms with Crippen LogP contribution in [0.4, 0.5) is 13.6 Å². The number of hydrogen-bond acceptors (Lipinski definition) is 6. The highest BCUT2D eigenvalue weighted by molar-refractivity contribution is 5.95. The van der Waals surface area contributed by atoms with Crippen molar-refractivity contribution in [3.05, 3.63) is 64.9 Å². The average Bonchev–Trinajstić information content (AvgIpc) is 2.80. The molecule has 176 valence electrons. The van der Waals surface area contributed by atoms with E-state index in [9.17, 15) is 18.4 Å². The van der Waals surface area contributed by atoms with E-state index in [1.165, 1.54) is 26.2 Å². The second-order valence-electron chi connectivity index (χ2n) is 7.03. The lowest BCUT2D eigenvalue weighted by molar-refractivity contribution is -0.139. The van der Waals surface area contributed by atoms with Crippen LogP contribution in [-0.2, 0) is 9.53 Å². The van der Waals surface area contributed by atoms with Crippen LogP contribution < -0.4 is 19.5 Å². The third-order valence-corrected chi connectivity index (χ3v) is 5.04. The van der Waals surface area contributed by atoms with Gasteiger partial charge in [-0.2, -0.15) is 0 Å². The Morgan fingerprint density at radius 1 is 1.09 bits per heavy atom. The summed E-state index contributed by atoms with van der Waals surface area (Å²) in [4.78, 5) is 26.9. The van der Waals surface area contributed by atoms with Gasteiger partial charge in [0.05, 0.1) is 38.1 Å². The zero-order valence-electron chi connectivity index (χ0n) is 18.6. The first kappa shape index (κ1) is 23.8. The van der Waals surface area contributed by atoms with E-state index in [1.807, 2.05) is 0 Å². The van der Waals surface area contributed by atoms with Crippen LogP contribution in [0.5, 0.6) is 17.2 Å².